The highest BCUT2D eigenvalue weighted by Crippen LogP contribution is 2.32. The molecule has 2 aromatic rings. The first-order chi connectivity index (χ1) is 7.50. The molecule has 0 amide bonds. The van der Waals surface area contributed by atoms with Crippen LogP contribution in [-0.2, 0) is 7.05 Å². The van der Waals surface area contributed by atoms with Crippen molar-refractivity contribution in [1.29, 1.82) is 0 Å². The van der Waals surface area contributed by atoms with Gasteiger partial charge in [-0.25, -0.2) is 4.39 Å². The van der Waals surface area contributed by atoms with E-state index in [0.717, 1.165) is 22.5 Å². The second-order valence-electron chi connectivity index (χ2n) is 3.79. The molecule has 0 saturated carbocycles. The van der Waals surface area contributed by atoms with Crippen LogP contribution < -0.4 is 0 Å². The Labute approximate surface area is 98.7 Å². The lowest BCUT2D eigenvalue weighted by Gasteiger charge is -2.05. The Bertz CT molecular complexity index is 546. The lowest BCUT2D eigenvalue weighted by atomic mass is 10.0. The number of aromatic nitrogens is 2. The fourth-order valence-corrected chi connectivity index (χ4v) is 2.12. The van der Waals surface area contributed by atoms with E-state index in [4.69, 9.17) is 11.6 Å². The summed E-state index contributed by atoms with van der Waals surface area (Å²) in [5.74, 6) is -0.326. The fraction of sp³-hybridized carbons (Fsp3) is 0.250. The molecule has 0 aliphatic carbocycles. The number of nitrogens with zero attached hydrogens (tertiary/aromatic N) is 2. The molecular formula is C12H12ClFN2. The van der Waals surface area contributed by atoms with E-state index in [9.17, 15) is 4.39 Å². The van der Waals surface area contributed by atoms with E-state index in [1.54, 1.807) is 10.7 Å². The zero-order valence-electron chi connectivity index (χ0n) is 9.38. The summed E-state index contributed by atoms with van der Waals surface area (Å²) < 4.78 is 14.8. The monoisotopic (exact) mass is 238 g/mol. The van der Waals surface area contributed by atoms with Gasteiger partial charge in [-0.05, 0) is 32.0 Å². The molecule has 2 rings (SSSR count). The summed E-state index contributed by atoms with van der Waals surface area (Å²) in [5.41, 5.74) is 3.72. The molecule has 0 unspecified atom stereocenters. The predicted molar refractivity (Wildman–Crippen MR) is 63.1 cm³/mol. The molecule has 0 aliphatic rings. The van der Waals surface area contributed by atoms with E-state index in [-0.39, 0.29) is 5.82 Å². The van der Waals surface area contributed by atoms with Crippen LogP contribution in [0.2, 0.25) is 5.02 Å². The minimum atomic E-state index is -0.326. The lowest BCUT2D eigenvalue weighted by molar-refractivity contribution is 0.628. The zero-order valence-corrected chi connectivity index (χ0v) is 10.1. The highest BCUT2D eigenvalue weighted by Gasteiger charge is 2.14. The van der Waals surface area contributed by atoms with Gasteiger partial charge < -0.3 is 0 Å². The molecule has 0 radical (unpaired) electrons. The van der Waals surface area contributed by atoms with E-state index >= 15 is 0 Å². The van der Waals surface area contributed by atoms with E-state index in [1.165, 1.54) is 12.1 Å². The molecule has 16 heavy (non-hydrogen) atoms. The molecule has 1 aromatic heterocycles. The van der Waals surface area contributed by atoms with Gasteiger partial charge >= 0.3 is 0 Å². The van der Waals surface area contributed by atoms with Gasteiger partial charge in [-0.3, -0.25) is 4.68 Å². The molecule has 2 nitrogen and oxygen atoms in total. The Kier molecular flexibility index (Phi) is 2.72. The summed E-state index contributed by atoms with van der Waals surface area (Å²) in [6.45, 7) is 3.89. The summed E-state index contributed by atoms with van der Waals surface area (Å²) in [5, 5.41) is 4.73. The second kappa shape index (κ2) is 3.91. The van der Waals surface area contributed by atoms with Crippen molar-refractivity contribution in [1.82, 2.24) is 9.78 Å². The number of rotatable bonds is 1. The van der Waals surface area contributed by atoms with Gasteiger partial charge in [0.05, 0.1) is 10.7 Å². The first-order valence-corrected chi connectivity index (χ1v) is 5.34. The van der Waals surface area contributed by atoms with Crippen molar-refractivity contribution in [2.24, 2.45) is 7.05 Å². The molecule has 0 bridgehead atoms. The number of aryl methyl sites for hydroxylation is 2. The molecule has 0 fully saturated rings. The number of halogens is 2. The van der Waals surface area contributed by atoms with Crippen LogP contribution in [0.1, 0.15) is 11.4 Å². The summed E-state index contributed by atoms with van der Waals surface area (Å²) in [7, 11) is 1.88. The molecule has 0 aliphatic heterocycles. The standard InChI is InChI=1S/C12H12ClFN2/c1-7-12(8(2)16(3)15-7)10-5-4-9(14)6-11(10)13/h4-6H,1-3H3. The zero-order chi connectivity index (χ0) is 11.9. The van der Waals surface area contributed by atoms with Crippen molar-refractivity contribution in [2.75, 3.05) is 0 Å². The third-order valence-electron chi connectivity index (χ3n) is 2.71. The molecule has 0 saturated heterocycles. The summed E-state index contributed by atoms with van der Waals surface area (Å²) in [6.07, 6.45) is 0. The second-order valence-corrected chi connectivity index (χ2v) is 4.20. The lowest BCUT2D eigenvalue weighted by Crippen LogP contribution is -1.92. The van der Waals surface area contributed by atoms with Crippen LogP contribution in [0.5, 0.6) is 0 Å². The van der Waals surface area contributed by atoms with Gasteiger partial charge in [0.2, 0.25) is 0 Å². The number of hydrogen-bond donors (Lipinski definition) is 0. The van der Waals surface area contributed by atoms with Gasteiger partial charge in [-0.15, -0.1) is 0 Å². The smallest absolute Gasteiger partial charge is 0.124 e. The van der Waals surface area contributed by atoms with Crippen LogP contribution in [0.4, 0.5) is 4.39 Å². The molecule has 84 valence electrons. The summed E-state index contributed by atoms with van der Waals surface area (Å²) in [4.78, 5) is 0. The number of benzene rings is 1. The maximum absolute atomic E-state index is 13.0. The molecule has 1 heterocycles. The molecular weight excluding hydrogens is 227 g/mol. The molecule has 0 N–H and O–H groups in total. The Balaban J connectivity index is 2.67. The maximum Gasteiger partial charge on any atom is 0.124 e. The van der Waals surface area contributed by atoms with Crippen LogP contribution in [0.25, 0.3) is 11.1 Å². The summed E-state index contributed by atoms with van der Waals surface area (Å²) in [6, 6.07) is 4.42. The van der Waals surface area contributed by atoms with Crippen molar-refractivity contribution in [2.45, 2.75) is 13.8 Å². The van der Waals surface area contributed by atoms with E-state index < -0.39 is 0 Å². The molecule has 1 aromatic carbocycles. The molecule has 4 heteroatoms. The van der Waals surface area contributed by atoms with Crippen molar-refractivity contribution < 1.29 is 4.39 Å². The van der Waals surface area contributed by atoms with Gasteiger partial charge in [0, 0.05) is 23.9 Å². The van der Waals surface area contributed by atoms with Gasteiger partial charge in [0.1, 0.15) is 5.82 Å². The van der Waals surface area contributed by atoms with E-state index in [2.05, 4.69) is 5.10 Å². The first kappa shape index (κ1) is 11.1. The largest absolute Gasteiger partial charge is 0.272 e. The Morgan fingerprint density at radius 3 is 2.50 bits per heavy atom. The van der Waals surface area contributed by atoms with Crippen LogP contribution in [0, 0.1) is 19.7 Å². The van der Waals surface area contributed by atoms with Crippen molar-refractivity contribution in [3.8, 4) is 11.1 Å². The van der Waals surface area contributed by atoms with Crippen molar-refractivity contribution in [3.63, 3.8) is 0 Å². The van der Waals surface area contributed by atoms with Crippen LogP contribution in [-0.4, -0.2) is 9.78 Å². The molecule has 0 spiro atoms. The van der Waals surface area contributed by atoms with Crippen LogP contribution >= 0.6 is 11.6 Å². The number of hydrogen-bond acceptors (Lipinski definition) is 1. The molecule has 0 atom stereocenters. The Hall–Kier alpha value is -1.35. The SMILES string of the molecule is Cc1nn(C)c(C)c1-c1ccc(F)cc1Cl. The maximum atomic E-state index is 13.0. The highest BCUT2D eigenvalue weighted by molar-refractivity contribution is 6.33. The average Bonchev–Trinajstić information content (AvgIpc) is 2.43. The van der Waals surface area contributed by atoms with Crippen molar-refractivity contribution >= 4 is 11.6 Å². The van der Waals surface area contributed by atoms with Gasteiger partial charge in [0.15, 0.2) is 0 Å². The van der Waals surface area contributed by atoms with Gasteiger partial charge in [-0.1, -0.05) is 11.6 Å². The first-order valence-electron chi connectivity index (χ1n) is 4.96. The van der Waals surface area contributed by atoms with Gasteiger partial charge in [0.25, 0.3) is 0 Å². The minimum Gasteiger partial charge on any atom is -0.272 e. The average molecular weight is 239 g/mol. The topological polar surface area (TPSA) is 17.8 Å². The van der Waals surface area contributed by atoms with Crippen LogP contribution in [0.3, 0.4) is 0 Å². The van der Waals surface area contributed by atoms with Gasteiger partial charge in [-0.2, -0.15) is 5.10 Å². The third kappa shape index (κ3) is 1.71. The van der Waals surface area contributed by atoms with Crippen molar-refractivity contribution in [3.05, 3.63) is 40.4 Å². The third-order valence-corrected chi connectivity index (χ3v) is 3.02. The Morgan fingerprint density at radius 2 is 2.00 bits per heavy atom. The normalized spacial score (nSPS) is 10.8. The van der Waals surface area contributed by atoms with E-state index in [0.29, 0.717) is 5.02 Å². The highest BCUT2D eigenvalue weighted by atomic mass is 35.5. The van der Waals surface area contributed by atoms with E-state index in [1.807, 2.05) is 20.9 Å². The predicted octanol–water partition coefficient (Wildman–Crippen LogP) is 3.50. The minimum absolute atomic E-state index is 0.326. The summed E-state index contributed by atoms with van der Waals surface area (Å²) >= 11 is 6.04. The fourth-order valence-electron chi connectivity index (χ4n) is 1.86. The Morgan fingerprint density at radius 1 is 1.31 bits per heavy atom. The quantitative estimate of drug-likeness (QED) is 0.744. The van der Waals surface area contributed by atoms with Crippen LogP contribution in [0.15, 0.2) is 18.2 Å².